The van der Waals surface area contributed by atoms with Gasteiger partial charge in [0.15, 0.2) is 11.0 Å². The highest BCUT2D eigenvalue weighted by Crippen LogP contribution is 2.31. The Labute approximate surface area is 153 Å². The molecular weight excluding hydrogens is 336 g/mol. The monoisotopic (exact) mass is 362 g/mol. The fourth-order valence-corrected chi connectivity index (χ4v) is 3.70. The predicted octanol–water partition coefficient (Wildman–Crippen LogP) is 3.18. The molecule has 1 unspecified atom stereocenters. The number of benzene rings is 1. The van der Waals surface area contributed by atoms with Crippen LogP contribution in [0, 0.1) is 5.92 Å². The van der Waals surface area contributed by atoms with Gasteiger partial charge in [0.25, 0.3) is 0 Å². The summed E-state index contributed by atoms with van der Waals surface area (Å²) in [5, 5.41) is 9.28. The maximum atomic E-state index is 12.5. The maximum absolute atomic E-state index is 12.5. The van der Waals surface area contributed by atoms with E-state index in [0.717, 1.165) is 28.8 Å². The molecule has 0 saturated carbocycles. The van der Waals surface area contributed by atoms with E-state index in [2.05, 4.69) is 31.0 Å². The molecule has 0 aliphatic rings. The zero-order valence-electron chi connectivity index (χ0n) is 15.7. The molecule has 1 amide bonds. The van der Waals surface area contributed by atoms with Crippen molar-refractivity contribution in [2.24, 2.45) is 5.92 Å². The van der Waals surface area contributed by atoms with Crippen molar-refractivity contribution in [1.29, 1.82) is 0 Å². The quantitative estimate of drug-likeness (QED) is 0.708. The van der Waals surface area contributed by atoms with E-state index in [0.29, 0.717) is 0 Å². The average molecular weight is 362 g/mol. The molecule has 25 heavy (non-hydrogen) atoms. The molecule has 0 aliphatic heterocycles. The van der Waals surface area contributed by atoms with Crippen LogP contribution in [0.1, 0.15) is 20.8 Å². The number of hydrogen-bond acceptors (Lipinski definition) is 5. The number of aromatic nitrogens is 3. The van der Waals surface area contributed by atoms with Crippen molar-refractivity contribution in [3.63, 3.8) is 0 Å². The Morgan fingerprint density at radius 3 is 2.36 bits per heavy atom. The molecule has 0 fully saturated rings. The van der Waals surface area contributed by atoms with Gasteiger partial charge in [-0.15, -0.1) is 10.2 Å². The van der Waals surface area contributed by atoms with Gasteiger partial charge in [0.2, 0.25) is 5.91 Å². The summed E-state index contributed by atoms with van der Waals surface area (Å²) in [5.41, 5.74) is 0.974. The van der Waals surface area contributed by atoms with E-state index in [1.165, 1.54) is 11.8 Å². The Kier molecular flexibility index (Phi) is 6.47. The van der Waals surface area contributed by atoms with E-state index in [-0.39, 0.29) is 17.1 Å². The third-order valence-corrected chi connectivity index (χ3v) is 5.42. The third kappa shape index (κ3) is 4.34. The van der Waals surface area contributed by atoms with E-state index in [4.69, 9.17) is 4.74 Å². The lowest BCUT2D eigenvalue weighted by molar-refractivity contribution is -0.128. The van der Waals surface area contributed by atoms with Crippen LogP contribution >= 0.6 is 11.8 Å². The number of carbonyl (C=O) groups is 1. The lowest BCUT2D eigenvalue weighted by atomic mass is 10.1. The summed E-state index contributed by atoms with van der Waals surface area (Å²) in [7, 11) is 5.21. The second-order valence-electron chi connectivity index (χ2n) is 6.29. The molecule has 1 aromatic heterocycles. The highest BCUT2D eigenvalue weighted by molar-refractivity contribution is 8.00. The number of rotatable bonds is 7. The van der Waals surface area contributed by atoms with Crippen LogP contribution in [-0.4, -0.2) is 52.0 Å². The first-order valence-corrected chi connectivity index (χ1v) is 9.22. The van der Waals surface area contributed by atoms with Crippen LogP contribution in [0.4, 0.5) is 0 Å². The second-order valence-corrected chi connectivity index (χ2v) is 7.40. The summed E-state index contributed by atoms with van der Waals surface area (Å²) < 4.78 is 7.25. The van der Waals surface area contributed by atoms with Crippen LogP contribution < -0.4 is 4.74 Å². The lowest BCUT2D eigenvalue weighted by Gasteiger charge is -2.22. The molecule has 136 valence electrons. The van der Waals surface area contributed by atoms with Crippen LogP contribution in [-0.2, 0) is 11.3 Å². The number of hydrogen-bond donors (Lipinski definition) is 0. The summed E-state index contributed by atoms with van der Waals surface area (Å²) in [6.45, 7) is 6.89. The van der Waals surface area contributed by atoms with E-state index >= 15 is 0 Å². The van der Waals surface area contributed by atoms with Crippen molar-refractivity contribution >= 4 is 17.7 Å². The van der Waals surface area contributed by atoms with E-state index < -0.39 is 0 Å². The molecule has 6 nitrogen and oxygen atoms in total. The number of nitrogens with zero attached hydrogens (tertiary/aromatic N) is 4. The van der Waals surface area contributed by atoms with Crippen molar-refractivity contribution in [3.05, 3.63) is 24.3 Å². The number of ether oxygens (including phenoxy) is 1. The third-order valence-electron chi connectivity index (χ3n) is 3.90. The molecule has 0 aliphatic carbocycles. The molecule has 1 heterocycles. The van der Waals surface area contributed by atoms with Crippen molar-refractivity contribution in [2.45, 2.75) is 37.7 Å². The minimum absolute atomic E-state index is 0.0941. The predicted molar refractivity (Wildman–Crippen MR) is 101 cm³/mol. The van der Waals surface area contributed by atoms with Crippen LogP contribution in [0.15, 0.2) is 29.4 Å². The second kappa shape index (κ2) is 8.38. The molecule has 1 aromatic carbocycles. The van der Waals surface area contributed by atoms with Gasteiger partial charge in [-0.2, -0.15) is 0 Å². The Hall–Kier alpha value is -2.02. The van der Waals surface area contributed by atoms with Crippen molar-refractivity contribution in [1.82, 2.24) is 19.7 Å². The smallest absolute Gasteiger partial charge is 0.235 e. The summed E-state index contributed by atoms with van der Waals surface area (Å²) in [6, 6.07) is 7.75. The van der Waals surface area contributed by atoms with E-state index in [9.17, 15) is 4.79 Å². The van der Waals surface area contributed by atoms with Crippen LogP contribution in [0.25, 0.3) is 11.4 Å². The molecule has 1 atom stereocenters. The van der Waals surface area contributed by atoms with Crippen LogP contribution in [0.5, 0.6) is 5.75 Å². The van der Waals surface area contributed by atoms with Crippen molar-refractivity contribution in [2.75, 3.05) is 21.2 Å². The summed E-state index contributed by atoms with van der Waals surface area (Å²) in [5.74, 6) is 1.90. The minimum Gasteiger partial charge on any atom is -0.497 e. The Morgan fingerprint density at radius 1 is 1.24 bits per heavy atom. The fraction of sp³-hybridized carbons (Fsp3) is 0.500. The van der Waals surface area contributed by atoms with E-state index in [1.54, 1.807) is 26.1 Å². The van der Waals surface area contributed by atoms with Gasteiger partial charge < -0.3 is 14.2 Å². The van der Waals surface area contributed by atoms with Gasteiger partial charge in [-0.3, -0.25) is 4.79 Å². The molecular formula is C18H26N4O2S. The molecule has 0 spiro atoms. The van der Waals surface area contributed by atoms with Gasteiger partial charge in [0.05, 0.1) is 12.4 Å². The molecule has 0 bridgehead atoms. The number of amides is 1. The number of carbonyl (C=O) groups excluding carboxylic acids is 1. The molecule has 2 aromatic rings. The Bertz CT molecular complexity index is 710. The summed E-state index contributed by atoms with van der Waals surface area (Å²) in [6.07, 6.45) is 0. The van der Waals surface area contributed by atoms with Crippen molar-refractivity contribution < 1.29 is 9.53 Å². The topological polar surface area (TPSA) is 60.2 Å². The van der Waals surface area contributed by atoms with Gasteiger partial charge in [-0.25, -0.2) is 0 Å². The van der Waals surface area contributed by atoms with Crippen molar-refractivity contribution in [3.8, 4) is 17.1 Å². The average Bonchev–Trinajstić information content (AvgIpc) is 3.01. The summed E-state index contributed by atoms with van der Waals surface area (Å²) >= 11 is 1.48. The first kappa shape index (κ1) is 19.3. The highest BCUT2D eigenvalue weighted by Gasteiger charge is 2.27. The molecule has 7 heteroatoms. The van der Waals surface area contributed by atoms with Gasteiger partial charge >= 0.3 is 0 Å². The Balaban J connectivity index is 2.33. The fourth-order valence-electron chi connectivity index (χ4n) is 2.45. The minimum atomic E-state index is -0.187. The SMILES string of the molecule is CCn1c(SC(C(=O)N(C)C)C(C)C)nnc1-c1ccc(OC)cc1. The first-order chi connectivity index (χ1) is 11.9. The highest BCUT2D eigenvalue weighted by atomic mass is 32.2. The summed E-state index contributed by atoms with van der Waals surface area (Å²) in [4.78, 5) is 14.1. The Morgan fingerprint density at radius 2 is 1.88 bits per heavy atom. The first-order valence-electron chi connectivity index (χ1n) is 8.34. The zero-order chi connectivity index (χ0) is 18.6. The maximum Gasteiger partial charge on any atom is 0.235 e. The molecule has 0 N–H and O–H groups in total. The largest absolute Gasteiger partial charge is 0.497 e. The van der Waals surface area contributed by atoms with Gasteiger partial charge in [0.1, 0.15) is 5.75 Å². The molecule has 2 rings (SSSR count). The number of methoxy groups -OCH3 is 1. The van der Waals surface area contributed by atoms with Gasteiger partial charge in [-0.1, -0.05) is 25.6 Å². The van der Waals surface area contributed by atoms with Crippen LogP contribution in [0.2, 0.25) is 0 Å². The zero-order valence-corrected chi connectivity index (χ0v) is 16.5. The molecule has 0 saturated heterocycles. The standard InChI is InChI=1S/C18H26N4O2S/c1-7-22-16(13-8-10-14(24-6)11-9-13)19-20-18(22)25-15(12(2)3)17(23)21(4)5/h8-12,15H,7H2,1-6H3. The van der Waals surface area contributed by atoms with Crippen LogP contribution in [0.3, 0.4) is 0 Å². The van der Waals surface area contributed by atoms with Gasteiger partial charge in [-0.05, 0) is 37.1 Å². The normalized spacial score (nSPS) is 12.3. The molecule has 0 radical (unpaired) electrons. The lowest BCUT2D eigenvalue weighted by Crippen LogP contribution is -2.35. The van der Waals surface area contributed by atoms with Gasteiger partial charge in [0, 0.05) is 26.2 Å². The van der Waals surface area contributed by atoms with E-state index in [1.807, 2.05) is 28.8 Å². The number of thioether (sulfide) groups is 1.